The Hall–Kier alpha value is -3.68. The molecule has 0 spiro atoms. The maximum absolute atomic E-state index is 13.0. The minimum Gasteiger partial charge on any atom is -0.336 e. The Morgan fingerprint density at radius 2 is 2.03 bits per heavy atom. The molecule has 2 atom stereocenters. The summed E-state index contributed by atoms with van der Waals surface area (Å²) in [6.45, 7) is 1.95. The fraction of sp³-hybridized carbons (Fsp3) is 0.304. The molecule has 0 radical (unpaired) electrons. The number of hydrogen-bond acceptors (Lipinski definition) is 4. The van der Waals surface area contributed by atoms with Gasteiger partial charge >= 0.3 is 6.03 Å². The van der Waals surface area contributed by atoms with Crippen molar-refractivity contribution in [2.24, 2.45) is 0 Å². The highest BCUT2D eigenvalue weighted by Gasteiger charge is 2.31. The van der Waals surface area contributed by atoms with E-state index in [0.29, 0.717) is 13.1 Å². The highest BCUT2D eigenvalue weighted by molar-refractivity contribution is 5.75. The molecule has 8 heteroatoms. The lowest BCUT2D eigenvalue weighted by Crippen LogP contribution is -2.46. The number of aromatic nitrogens is 5. The van der Waals surface area contributed by atoms with Crippen LogP contribution >= 0.6 is 0 Å². The van der Waals surface area contributed by atoms with Gasteiger partial charge in [0.25, 0.3) is 0 Å². The topological polar surface area (TPSA) is 80.3 Å². The van der Waals surface area contributed by atoms with Gasteiger partial charge in [-0.3, -0.25) is 4.40 Å². The number of amides is 2. The summed E-state index contributed by atoms with van der Waals surface area (Å²) in [6, 6.07) is 14.3. The van der Waals surface area contributed by atoms with Crippen molar-refractivity contribution in [3.05, 3.63) is 72.6 Å². The standard InChI is InChI=1S/C23H23N7O/c31-23(25-13-20-18-8-2-1-7-17(18)19-12-24-15-30(19)20)28-10-5-6-16(14-28)22-27-26-21-9-3-4-11-29(21)22/h1-4,7-9,11-12,15-16,20H,5-6,10,13-14H2,(H,25,31)/t16-,20-/m1/s1. The van der Waals surface area contributed by atoms with E-state index in [9.17, 15) is 4.79 Å². The van der Waals surface area contributed by atoms with Crippen LogP contribution in [-0.4, -0.2) is 54.7 Å². The van der Waals surface area contributed by atoms with E-state index in [0.717, 1.165) is 36.6 Å². The Labute approximate surface area is 179 Å². The van der Waals surface area contributed by atoms with Crippen molar-refractivity contribution in [3.8, 4) is 11.3 Å². The van der Waals surface area contributed by atoms with Gasteiger partial charge in [0.15, 0.2) is 5.65 Å². The first-order chi connectivity index (χ1) is 15.3. The van der Waals surface area contributed by atoms with Crippen LogP contribution in [0.15, 0.2) is 61.2 Å². The zero-order valence-corrected chi connectivity index (χ0v) is 17.1. The predicted octanol–water partition coefficient (Wildman–Crippen LogP) is 3.08. The Morgan fingerprint density at radius 1 is 1.13 bits per heavy atom. The molecule has 1 fully saturated rings. The molecule has 8 nitrogen and oxygen atoms in total. The molecule has 0 unspecified atom stereocenters. The summed E-state index contributed by atoms with van der Waals surface area (Å²) in [5.41, 5.74) is 4.37. The van der Waals surface area contributed by atoms with Crippen LogP contribution in [0.4, 0.5) is 4.79 Å². The maximum Gasteiger partial charge on any atom is 0.317 e. The number of fused-ring (bicyclic) bond motifs is 4. The lowest BCUT2D eigenvalue weighted by molar-refractivity contribution is 0.177. The van der Waals surface area contributed by atoms with Crippen molar-refractivity contribution in [1.82, 2.24) is 34.4 Å². The smallest absolute Gasteiger partial charge is 0.317 e. The van der Waals surface area contributed by atoms with Crippen molar-refractivity contribution < 1.29 is 4.79 Å². The van der Waals surface area contributed by atoms with Gasteiger partial charge in [0.2, 0.25) is 0 Å². The molecule has 156 valence electrons. The van der Waals surface area contributed by atoms with Crippen LogP contribution in [-0.2, 0) is 0 Å². The average molecular weight is 413 g/mol. The van der Waals surface area contributed by atoms with Crippen molar-refractivity contribution >= 4 is 11.7 Å². The Bertz CT molecular complexity index is 1260. The number of nitrogens with one attached hydrogen (secondary N) is 1. The fourth-order valence-corrected chi connectivity index (χ4v) is 4.95. The fourth-order valence-electron chi connectivity index (χ4n) is 4.95. The van der Waals surface area contributed by atoms with E-state index < -0.39 is 0 Å². The van der Waals surface area contributed by atoms with Gasteiger partial charge in [-0.25, -0.2) is 9.78 Å². The Morgan fingerprint density at radius 3 is 3.00 bits per heavy atom. The minimum atomic E-state index is -0.0235. The first-order valence-corrected chi connectivity index (χ1v) is 10.7. The summed E-state index contributed by atoms with van der Waals surface area (Å²) >= 11 is 0. The van der Waals surface area contributed by atoms with E-state index in [-0.39, 0.29) is 18.0 Å². The predicted molar refractivity (Wildman–Crippen MR) is 116 cm³/mol. The second-order valence-corrected chi connectivity index (χ2v) is 8.25. The summed E-state index contributed by atoms with van der Waals surface area (Å²) in [5, 5.41) is 11.8. The molecule has 6 rings (SSSR count). The van der Waals surface area contributed by atoms with Gasteiger partial charge in [0.05, 0.1) is 24.3 Å². The zero-order chi connectivity index (χ0) is 20.8. The third-order valence-electron chi connectivity index (χ3n) is 6.46. The summed E-state index contributed by atoms with van der Waals surface area (Å²) < 4.78 is 4.17. The van der Waals surface area contributed by atoms with Crippen molar-refractivity contribution in [2.75, 3.05) is 19.6 Å². The molecule has 1 saturated heterocycles. The molecule has 2 amide bonds. The van der Waals surface area contributed by atoms with Crippen LogP contribution in [0.2, 0.25) is 0 Å². The van der Waals surface area contributed by atoms with Crippen LogP contribution in [0.3, 0.4) is 0 Å². The van der Waals surface area contributed by atoms with E-state index in [1.807, 2.05) is 58.4 Å². The largest absolute Gasteiger partial charge is 0.336 e. The number of pyridine rings is 1. The quantitative estimate of drug-likeness (QED) is 0.560. The number of carbonyl (C=O) groups is 1. The summed E-state index contributed by atoms with van der Waals surface area (Å²) in [4.78, 5) is 19.3. The maximum atomic E-state index is 13.0. The summed E-state index contributed by atoms with van der Waals surface area (Å²) in [7, 11) is 0. The second-order valence-electron chi connectivity index (χ2n) is 8.25. The number of imidazole rings is 1. The Balaban J connectivity index is 1.16. The molecule has 0 bridgehead atoms. The average Bonchev–Trinajstić information content (AvgIpc) is 3.52. The molecule has 5 heterocycles. The summed E-state index contributed by atoms with van der Waals surface area (Å²) in [5.74, 6) is 1.12. The summed E-state index contributed by atoms with van der Waals surface area (Å²) in [6.07, 6.45) is 7.69. The zero-order valence-electron chi connectivity index (χ0n) is 17.1. The molecule has 1 aromatic carbocycles. The molecule has 1 N–H and O–H groups in total. The van der Waals surface area contributed by atoms with Crippen LogP contribution < -0.4 is 5.32 Å². The van der Waals surface area contributed by atoms with E-state index in [2.05, 4.69) is 37.2 Å². The van der Waals surface area contributed by atoms with Gasteiger partial charge in [-0.2, -0.15) is 0 Å². The number of urea groups is 1. The first kappa shape index (κ1) is 18.1. The van der Waals surface area contributed by atoms with Crippen molar-refractivity contribution in [3.63, 3.8) is 0 Å². The highest BCUT2D eigenvalue weighted by atomic mass is 16.2. The number of likely N-dealkylation sites (tertiary alicyclic amines) is 1. The van der Waals surface area contributed by atoms with Gasteiger partial charge in [0, 0.05) is 37.3 Å². The molecule has 4 aromatic rings. The number of piperidine rings is 1. The molecule has 0 saturated carbocycles. The van der Waals surface area contributed by atoms with Crippen LogP contribution in [0.25, 0.3) is 16.9 Å². The number of rotatable bonds is 3. The number of nitrogens with zero attached hydrogens (tertiary/aromatic N) is 6. The monoisotopic (exact) mass is 413 g/mol. The number of benzene rings is 1. The van der Waals surface area contributed by atoms with Gasteiger partial charge in [-0.1, -0.05) is 30.3 Å². The molecular formula is C23H23N7O. The third kappa shape index (κ3) is 2.98. The van der Waals surface area contributed by atoms with E-state index >= 15 is 0 Å². The number of hydrogen-bond donors (Lipinski definition) is 1. The molecule has 0 aliphatic carbocycles. The van der Waals surface area contributed by atoms with E-state index in [1.54, 1.807) is 0 Å². The van der Waals surface area contributed by atoms with Gasteiger partial charge < -0.3 is 14.8 Å². The molecule has 2 aliphatic heterocycles. The van der Waals surface area contributed by atoms with Gasteiger partial charge in [-0.05, 0) is 30.5 Å². The number of carbonyl (C=O) groups excluding carboxylic acids is 1. The van der Waals surface area contributed by atoms with Crippen LogP contribution in [0.1, 0.15) is 36.2 Å². The Kier molecular flexibility index (Phi) is 4.22. The molecule has 2 aliphatic rings. The molecule has 3 aromatic heterocycles. The lowest BCUT2D eigenvalue weighted by atomic mass is 9.97. The molecular weight excluding hydrogens is 390 g/mol. The van der Waals surface area contributed by atoms with Gasteiger partial charge in [0.1, 0.15) is 5.82 Å². The van der Waals surface area contributed by atoms with Crippen molar-refractivity contribution in [2.45, 2.75) is 24.8 Å². The highest BCUT2D eigenvalue weighted by Crippen LogP contribution is 2.38. The second kappa shape index (κ2) is 7.23. The van der Waals surface area contributed by atoms with Crippen LogP contribution in [0, 0.1) is 0 Å². The van der Waals surface area contributed by atoms with Crippen LogP contribution in [0.5, 0.6) is 0 Å². The van der Waals surface area contributed by atoms with Gasteiger partial charge in [-0.15, -0.1) is 10.2 Å². The first-order valence-electron chi connectivity index (χ1n) is 10.7. The molecule has 31 heavy (non-hydrogen) atoms. The van der Waals surface area contributed by atoms with Crippen molar-refractivity contribution in [1.29, 1.82) is 0 Å². The van der Waals surface area contributed by atoms with E-state index in [4.69, 9.17) is 0 Å². The normalized spacial score (nSPS) is 19.9. The SMILES string of the molecule is O=C(NC[C@@H]1c2ccccc2-c2cncn21)N1CCC[C@@H](c2nnc3ccccn23)C1. The third-order valence-corrected chi connectivity index (χ3v) is 6.46. The minimum absolute atomic E-state index is 0.0235. The lowest BCUT2D eigenvalue weighted by Gasteiger charge is -2.32. The van der Waals surface area contributed by atoms with E-state index in [1.165, 1.54) is 11.1 Å².